The molecule has 1 aromatic carbocycles. The highest BCUT2D eigenvalue weighted by atomic mass is 16.7. The van der Waals surface area contributed by atoms with E-state index in [1.165, 1.54) is 4.57 Å². The number of ether oxygens (including phenoxy) is 2. The summed E-state index contributed by atoms with van der Waals surface area (Å²) in [6.07, 6.45) is 2.19. The summed E-state index contributed by atoms with van der Waals surface area (Å²) in [6, 6.07) is 9.22. The van der Waals surface area contributed by atoms with Gasteiger partial charge in [-0.25, -0.2) is 9.97 Å². The summed E-state index contributed by atoms with van der Waals surface area (Å²) in [5.74, 6) is 1.62. The van der Waals surface area contributed by atoms with Crippen LogP contribution in [0.4, 0.5) is 0 Å². The Morgan fingerprint density at radius 3 is 2.58 bits per heavy atom. The minimum atomic E-state index is -0.396. The number of hydrogen-bond acceptors (Lipinski definition) is 6. The molecule has 1 amide bonds. The van der Waals surface area contributed by atoms with E-state index in [2.05, 4.69) is 15.3 Å². The lowest BCUT2D eigenvalue weighted by molar-refractivity contribution is 0.0951. The van der Waals surface area contributed by atoms with Gasteiger partial charge < -0.3 is 19.4 Å². The zero-order chi connectivity index (χ0) is 22.0. The van der Waals surface area contributed by atoms with E-state index < -0.39 is 5.91 Å². The molecule has 1 aliphatic heterocycles. The molecule has 0 aliphatic carbocycles. The van der Waals surface area contributed by atoms with Crippen LogP contribution >= 0.6 is 0 Å². The van der Waals surface area contributed by atoms with E-state index in [9.17, 15) is 9.59 Å². The van der Waals surface area contributed by atoms with Crippen molar-refractivity contribution >= 4 is 5.91 Å². The molecule has 3 heterocycles. The number of fused-ring (bicyclic) bond motifs is 1. The van der Waals surface area contributed by atoms with Gasteiger partial charge in [0.1, 0.15) is 11.4 Å². The Balaban J connectivity index is 1.47. The molecule has 0 bridgehead atoms. The van der Waals surface area contributed by atoms with Gasteiger partial charge >= 0.3 is 0 Å². The van der Waals surface area contributed by atoms with Crippen LogP contribution in [0.1, 0.15) is 38.7 Å². The number of aromatic nitrogens is 3. The molecule has 0 saturated carbocycles. The summed E-state index contributed by atoms with van der Waals surface area (Å²) < 4.78 is 12.2. The summed E-state index contributed by atoms with van der Waals surface area (Å²) in [5.41, 5.74) is 3.10. The van der Waals surface area contributed by atoms with Gasteiger partial charge in [0, 0.05) is 30.6 Å². The first-order chi connectivity index (χ1) is 14.9. The van der Waals surface area contributed by atoms with E-state index in [1.54, 1.807) is 19.2 Å². The van der Waals surface area contributed by atoms with Gasteiger partial charge in [-0.2, -0.15) is 0 Å². The number of nitrogens with one attached hydrogen (secondary N) is 1. The van der Waals surface area contributed by atoms with Crippen LogP contribution in [0.3, 0.4) is 0 Å². The molecule has 0 radical (unpaired) electrons. The predicted molar refractivity (Wildman–Crippen MR) is 115 cm³/mol. The second-order valence-electron chi connectivity index (χ2n) is 7.57. The van der Waals surface area contributed by atoms with Crippen LogP contribution in [-0.4, -0.2) is 33.8 Å². The smallest absolute Gasteiger partial charge is 0.263 e. The van der Waals surface area contributed by atoms with E-state index >= 15 is 0 Å². The highest BCUT2D eigenvalue weighted by Crippen LogP contribution is 2.32. The summed E-state index contributed by atoms with van der Waals surface area (Å²) >= 11 is 0. The van der Waals surface area contributed by atoms with Crippen molar-refractivity contribution in [3.05, 3.63) is 80.8 Å². The van der Waals surface area contributed by atoms with Crippen LogP contribution in [0.25, 0.3) is 0 Å². The van der Waals surface area contributed by atoms with Crippen molar-refractivity contribution < 1.29 is 14.3 Å². The molecule has 0 spiro atoms. The van der Waals surface area contributed by atoms with E-state index in [0.717, 1.165) is 17.0 Å². The minimum Gasteiger partial charge on any atom is -0.454 e. The predicted octanol–water partition coefficient (Wildman–Crippen LogP) is 2.31. The Bertz CT molecular complexity index is 1180. The number of nitrogens with zero attached hydrogens (tertiary/aromatic N) is 3. The fourth-order valence-electron chi connectivity index (χ4n) is 3.59. The molecule has 8 heteroatoms. The van der Waals surface area contributed by atoms with E-state index in [1.807, 2.05) is 38.1 Å². The van der Waals surface area contributed by atoms with Gasteiger partial charge in [-0.05, 0) is 56.2 Å². The van der Waals surface area contributed by atoms with Gasteiger partial charge in [-0.15, -0.1) is 0 Å². The quantitative estimate of drug-likeness (QED) is 0.658. The maximum atomic E-state index is 13.0. The Hall–Kier alpha value is -3.68. The molecule has 31 heavy (non-hydrogen) atoms. The van der Waals surface area contributed by atoms with Crippen LogP contribution in [0.2, 0.25) is 0 Å². The van der Waals surface area contributed by atoms with Crippen molar-refractivity contribution in [3.63, 3.8) is 0 Å². The van der Waals surface area contributed by atoms with Crippen LogP contribution < -0.4 is 20.3 Å². The maximum Gasteiger partial charge on any atom is 0.263 e. The third-order valence-corrected chi connectivity index (χ3v) is 5.05. The standard InChI is InChI=1S/C23H24N4O4/c1-14-7-9-27(12-17-4-5-18-19(11-17)31-13-30-18)23(29)21(14)22(28)24-8-6-20-25-15(2)10-16(3)26-20/h4-5,7,9-11H,6,8,12-13H2,1-3H3,(H,24,28). The number of hydrogen-bond donors (Lipinski definition) is 1. The van der Waals surface area contributed by atoms with Crippen LogP contribution in [-0.2, 0) is 13.0 Å². The van der Waals surface area contributed by atoms with Gasteiger partial charge in [0.15, 0.2) is 11.5 Å². The van der Waals surface area contributed by atoms with Gasteiger partial charge in [0.25, 0.3) is 11.5 Å². The third kappa shape index (κ3) is 4.58. The zero-order valence-electron chi connectivity index (χ0n) is 17.8. The Labute approximate surface area is 179 Å². The van der Waals surface area contributed by atoms with Crippen molar-refractivity contribution in [2.24, 2.45) is 0 Å². The normalized spacial score (nSPS) is 12.1. The molecule has 0 saturated heterocycles. The molecular formula is C23H24N4O4. The topological polar surface area (TPSA) is 95.3 Å². The Morgan fingerprint density at radius 1 is 1.06 bits per heavy atom. The number of rotatable bonds is 6. The Morgan fingerprint density at radius 2 is 1.81 bits per heavy atom. The average molecular weight is 420 g/mol. The number of amides is 1. The van der Waals surface area contributed by atoms with Gasteiger partial charge in [0.05, 0.1) is 6.54 Å². The van der Waals surface area contributed by atoms with Crippen LogP contribution in [0.5, 0.6) is 11.5 Å². The van der Waals surface area contributed by atoms with E-state index in [0.29, 0.717) is 42.4 Å². The van der Waals surface area contributed by atoms with Crippen molar-refractivity contribution in [2.75, 3.05) is 13.3 Å². The SMILES string of the molecule is Cc1cc(C)nc(CCNC(=O)c2c(C)ccn(Cc3ccc4c(c3)OCO4)c2=O)n1. The first kappa shape index (κ1) is 20.6. The molecule has 3 aromatic rings. The molecule has 8 nitrogen and oxygen atoms in total. The van der Waals surface area contributed by atoms with Crippen LogP contribution in [0.15, 0.2) is 41.3 Å². The fraction of sp³-hybridized carbons (Fsp3) is 0.304. The van der Waals surface area contributed by atoms with Crippen molar-refractivity contribution in [1.29, 1.82) is 0 Å². The largest absolute Gasteiger partial charge is 0.454 e. The van der Waals surface area contributed by atoms with Crippen LogP contribution in [0, 0.1) is 20.8 Å². The zero-order valence-corrected chi connectivity index (χ0v) is 17.8. The summed E-state index contributed by atoms with van der Waals surface area (Å²) in [4.78, 5) is 34.5. The number of carbonyl (C=O) groups excluding carboxylic acids is 1. The lowest BCUT2D eigenvalue weighted by atomic mass is 10.1. The molecule has 160 valence electrons. The molecule has 1 aliphatic rings. The minimum absolute atomic E-state index is 0.143. The van der Waals surface area contributed by atoms with E-state index in [4.69, 9.17) is 9.47 Å². The van der Waals surface area contributed by atoms with Crippen molar-refractivity contribution in [3.8, 4) is 11.5 Å². The number of aryl methyl sites for hydroxylation is 3. The number of carbonyl (C=O) groups is 1. The van der Waals surface area contributed by atoms with Gasteiger partial charge in [0.2, 0.25) is 6.79 Å². The van der Waals surface area contributed by atoms with E-state index in [-0.39, 0.29) is 17.9 Å². The molecule has 0 atom stereocenters. The lowest BCUT2D eigenvalue weighted by Crippen LogP contribution is -2.35. The monoisotopic (exact) mass is 420 g/mol. The first-order valence-electron chi connectivity index (χ1n) is 10.1. The first-order valence-corrected chi connectivity index (χ1v) is 10.1. The summed E-state index contributed by atoms with van der Waals surface area (Å²) in [5, 5.41) is 2.82. The van der Waals surface area contributed by atoms with Gasteiger partial charge in [-0.1, -0.05) is 6.07 Å². The van der Waals surface area contributed by atoms with Crippen molar-refractivity contribution in [2.45, 2.75) is 33.7 Å². The molecule has 0 unspecified atom stereocenters. The third-order valence-electron chi connectivity index (χ3n) is 5.05. The molecular weight excluding hydrogens is 396 g/mol. The molecule has 0 fully saturated rings. The fourth-order valence-corrected chi connectivity index (χ4v) is 3.59. The highest BCUT2D eigenvalue weighted by molar-refractivity contribution is 5.95. The second kappa shape index (κ2) is 8.59. The average Bonchev–Trinajstić information content (AvgIpc) is 3.17. The summed E-state index contributed by atoms with van der Waals surface area (Å²) in [6.45, 7) is 6.44. The molecule has 2 aromatic heterocycles. The number of pyridine rings is 1. The highest BCUT2D eigenvalue weighted by Gasteiger charge is 2.17. The lowest BCUT2D eigenvalue weighted by Gasteiger charge is -2.12. The maximum absolute atomic E-state index is 13.0. The van der Waals surface area contributed by atoms with Gasteiger partial charge in [-0.3, -0.25) is 9.59 Å². The number of benzene rings is 1. The second-order valence-corrected chi connectivity index (χ2v) is 7.57. The molecule has 1 N–H and O–H groups in total. The molecule has 4 rings (SSSR count). The van der Waals surface area contributed by atoms with Crippen molar-refractivity contribution in [1.82, 2.24) is 19.9 Å². The Kier molecular flexibility index (Phi) is 5.70. The summed E-state index contributed by atoms with van der Waals surface area (Å²) in [7, 11) is 0.